The lowest BCUT2D eigenvalue weighted by Crippen LogP contribution is -2.10. The highest BCUT2D eigenvalue weighted by molar-refractivity contribution is 7.18. The minimum atomic E-state index is -0.519. The van der Waals surface area contributed by atoms with Crippen LogP contribution in [0.25, 0.3) is 10.4 Å². The van der Waals surface area contributed by atoms with E-state index in [1.54, 1.807) is 25.1 Å². The van der Waals surface area contributed by atoms with Gasteiger partial charge in [0.25, 0.3) is 5.69 Å². The summed E-state index contributed by atoms with van der Waals surface area (Å²) in [5.41, 5.74) is 1.06. The van der Waals surface area contributed by atoms with Gasteiger partial charge < -0.3 is 10.1 Å². The minimum absolute atomic E-state index is 0.0157. The Bertz CT molecular complexity index is 752. The average Bonchev–Trinajstić information content (AvgIpc) is 2.90. The van der Waals surface area contributed by atoms with Crippen LogP contribution < -0.4 is 5.32 Å². The van der Waals surface area contributed by atoms with Gasteiger partial charge >= 0.3 is 5.97 Å². The number of nitrogens with zero attached hydrogens (tertiary/aromatic N) is 1. The Labute approximate surface area is 136 Å². The predicted octanol–water partition coefficient (Wildman–Crippen LogP) is 3.46. The van der Waals surface area contributed by atoms with Gasteiger partial charge in [0.1, 0.15) is 4.88 Å². The molecule has 1 N–H and O–H groups in total. The Morgan fingerprint density at radius 1 is 1.30 bits per heavy atom. The molecule has 23 heavy (non-hydrogen) atoms. The quantitative estimate of drug-likeness (QED) is 0.513. The molecule has 0 aliphatic carbocycles. The van der Waals surface area contributed by atoms with Crippen molar-refractivity contribution in [2.45, 2.75) is 13.8 Å². The summed E-state index contributed by atoms with van der Waals surface area (Å²) in [7, 11) is 0. The fourth-order valence-electron chi connectivity index (χ4n) is 1.91. The number of esters is 1. The third-order valence-electron chi connectivity index (χ3n) is 2.87. The van der Waals surface area contributed by atoms with E-state index in [0.29, 0.717) is 16.1 Å². The zero-order valence-electron chi connectivity index (χ0n) is 12.5. The molecule has 0 aliphatic rings. The summed E-state index contributed by atoms with van der Waals surface area (Å²) in [5, 5.41) is 13.3. The highest BCUT2D eigenvalue weighted by Crippen LogP contribution is 2.36. The maximum Gasteiger partial charge on any atom is 0.350 e. The maximum atomic E-state index is 12.0. The normalized spacial score (nSPS) is 10.2. The monoisotopic (exact) mass is 334 g/mol. The first-order chi connectivity index (χ1) is 10.9. The summed E-state index contributed by atoms with van der Waals surface area (Å²) in [5.74, 6) is -0.821. The number of nitro benzene ring substituents is 1. The van der Waals surface area contributed by atoms with Gasteiger partial charge in [-0.1, -0.05) is 0 Å². The molecule has 0 saturated carbocycles. The van der Waals surface area contributed by atoms with Crippen LogP contribution in [0.4, 0.5) is 11.4 Å². The van der Waals surface area contributed by atoms with E-state index in [1.165, 1.54) is 19.1 Å². The number of nitro groups is 1. The van der Waals surface area contributed by atoms with Gasteiger partial charge in [-0.3, -0.25) is 14.9 Å². The fourth-order valence-corrected chi connectivity index (χ4v) is 2.92. The molecule has 0 bridgehead atoms. The van der Waals surface area contributed by atoms with Crippen molar-refractivity contribution in [1.82, 2.24) is 0 Å². The van der Waals surface area contributed by atoms with E-state index in [-0.39, 0.29) is 23.1 Å². The van der Waals surface area contributed by atoms with Crippen LogP contribution in [0, 0.1) is 10.1 Å². The predicted molar refractivity (Wildman–Crippen MR) is 86.7 cm³/mol. The second-order valence-electron chi connectivity index (χ2n) is 4.56. The standard InChI is InChI=1S/C15H14N2O5S/c1-3-22-15(19)14-12(16-9(2)18)8-13(23-14)10-4-6-11(7-5-10)17(20)21/h4-8H,3H2,1-2H3,(H,16,18). The smallest absolute Gasteiger partial charge is 0.350 e. The molecule has 0 unspecified atom stereocenters. The number of nitrogens with one attached hydrogen (secondary N) is 1. The van der Waals surface area contributed by atoms with E-state index in [1.807, 2.05) is 0 Å². The van der Waals surface area contributed by atoms with Crippen molar-refractivity contribution in [3.63, 3.8) is 0 Å². The molecule has 0 radical (unpaired) electrons. The number of benzene rings is 1. The number of carbonyl (C=O) groups excluding carboxylic acids is 2. The molecule has 1 heterocycles. The molecule has 0 atom stereocenters. The maximum absolute atomic E-state index is 12.0. The number of thiophene rings is 1. The second-order valence-corrected chi connectivity index (χ2v) is 5.61. The van der Waals surface area contributed by atoms with Gasteiger partial charge in [0, 0.05) is 23.9 Å². The molecule has 1 amide bonds. The molecule has 1 aromatic carbocycles. The first-order valence-corrected chi connectivity index (χ1v) is 7.57. The molecule has 0 aliphatic heterocycles. The van der Waals surface area contributed by atoms with Crippen LogP contribution in [0.15, 0.2) is 30.3 Å². The Kier molecular flexibility index (Phi) is 5.07. The summed E-state index contributed by atoms with van der Waals surface area (Å²) in [4.78, 5) is 34.5. The SMILES string of the molecule is CCOC(=O)c1sc(-c2ccc([N+](=O)[O-])cc2)cc1NC(C)=O. The summed E-state index contributed by atoms with van der Waals surface area (Å²) in [6, 6.07) is 7.61. The van der Waals surface area contributed by atoms with Gasteiger partial charge in [-0.05, 0) is 30.7 Å². The van der Waals surface area contributed by atoms with Crippen molar-refractivity contribution in [2.24, 2.45) is 0 Å². The molecule has 8 heteroatoms. The van der Waals surface area contributed by atoms with Crippen LogP contribution in [0.5, 0.6) is 0 Å². The number of anilines is 1. The summed E-state index contributed by atoms with van der Waals surface area (Å²) in [6.07, 6.45) is 0. The highest BCUT2D eigenvalue weighted by Gasteiger charge is 2.19. The van der Waals surface area contributed by atoms with Gasteiger partial charge in [-0.15, -0.1) is 11.3 Å². The Morgan fingerprint density at radius 3 is 2.48 bits per heavy atom. The van der Waals surface area contributed by atoms with Crippen LogP contribution in [0.3, 0.4) is 0 Å². The molecule has 0 spiro atoms. The highest BCUT2D eigenvalue weighted by atomic mass is 32.1. The van der Waals surface area contributed by atoms with E-state index in [4.69, 9.17) is 4.74 Å². The van der Waals surface area contributed by atoms with Crippen molar-refractivity contribution < 1.29 is 19.2 Å². The molecular weight excluding hydrogens is 320 g/mol. The van der Waals surface area contributed by atoms with E-state index in [2.05, 4.69) is 5.32 Å². The van der Waals surface area contributed by atoms with Crippen LogP contribution >= 0.6 is 11.3 Å². The summed E-state index contributed by atoms with van der Waals surface area (Å²) in [6.45, 7) is 3.27. The topological polar surface area (TPSA) is 98.5 Å². The molecular formula is C15H14N2O5S. The molecule has 0 saturated heterocycles. The van der Waals surface area contributed by atoms with Crippen LogP contribution in [0.2, 0.25) is 0 Å². The van der Waals surface area contributed by atoms with E-state index >= 15 is 0 Å². The van der Waals surface area contributed by atoms with Crippen molar-refractivity contribution in [3.8, 4) is 10.4 Å². The number of hydrogen-bond acceptors (Lipinski definition) is 6. The lowest BCUT2D eigenvalue weighted by molar-refractivity contribution is -0.384. The fraction of sp³-hybridized carbons (Fsp3) is 0.200. The van der Waals surface area contributed by atoms with Crippen LogP contribution in [-0.4, -0.2) is 23.4 Å². The lowest BCUT2D eigenvalue weighted by Gasteiger charge is -2.03. The Balaban J connectivity index is 2.40. The third-order valence-corrected chi connectivity index (χ3v) is 4.03. The van der Waals surface area contributed by atoms with Gasteiger partial charge in [0.2, 0.25) is 5.91 Å². The average molecular weight is 334 g/mol. The zero-order chi connectivity index (χ0) is 17.0. The van der Waals surface area contributed by atoms with Crippen molar-refractivity contribution in [2.75, 3.05) is 11.9 Å². The van der Waals surface area contributed by atoms with Crippen molar-refractivity contribution >= 4 is 34.6 Å². The van der Waals surface area contributed by atoms with Crippen molar-refractivity contribution in [3.05, 3.63) is 45.3 Å². The van der Waals surface area contributed by atoms with Gasteiger partial charge in [0.15, 0.2) is 0 Å². The van der Waals surface area contributed by atoms with E-state index < -0.39 is 10.9 Å². The van der Waals surface area contributed by atoms with Gasteiger partial charge in [-0.25, -0.2) is 4.79 Å². The number of rotatable bonds is 5. The number of hydrogen-bond donors (Lipinski definition) is 1. The van der Waals surface area contributed by atoms with Gasteiger partial charge in [-0.2, -0.15) is 0 Å². The molecule has 120 valence electrons. The van der Waals surface area contributed by atoms with E-state index in [9.17, 15) is 19.7 Å². The number of carbonyl (C=O) groups is 2. The molecule has 1 aromatic heterocycles. The molecule has 2 rings (SSSR count). The van der Waals surface area contributed by atoms with E-state index in [0.717, 1.165) is 11.3 Å². The Morgan fingerprint density at radius 2 is 1.96 bits per heavy atom. The summed E-state index contributed by atoms with van der Waals surface area (Å²) >= 11 is 1.16. The number of amides is 1. The molecule has 7 nitrogen and oxygen atoms in total. The van der Waals surface area contributed by atoms with Crippen molar-refractivity contribution in [1.29, 1.82) is 0 Å². The van der Waals surface area contributed by atoms with Gasteiger partial charge in [0.05, 0.1) is 17.2 Å². The Hall–Kier alpha value is -2.74. The summed E-state index contributed by atoms with van der Waals surface area (Å²) < 4.78 is 4.98. The zero-order valence-corrected chi connectivity index (χ0v) is 13.3. The largest absolute Gasteiger partial charge is 0.462 e. The first-order valence-electron chi connectivity index (χ1n) is 6.75. The number of non-ortho nitro benzene ring substituents is 1. The van der Waals surface area contributed by atoms with Crippen LogP contribution in [-0.2, 0) is 9.53 Å². The molecule has 0 fully saturated rings. The third kappa shape index (κ3) is 3.92. The number of ether oxygens (including phenoxy) is 1. The molecule has 2 aromatic rings. The lowest BCUT2D eigenvalue weighted by atomic mass is 10.1. The minimum Gasteiger partial charge on any atom is -0.462 e. The first kappa shape index (κ1) is 16.6. The van der Waals surface area contributed by atoms with Crippen LogP contribution in [0.1, 0.15) is 23.5 Å². The second kappa shape index (κ2) is 7.01.